The Morgan fingerprint density at radius 1 is 1.71 bits per heavy atom. The molecule has 2 heteroatoms. The quantitative estimate of drug-likeness (QED) is 0.438. The fourth-order valence-electron chi connectivity index (χ4n) is 0.836. The van der Waals surface area contributed by atoms with Gasteiger partial charge in [-0.25, -0.2) is 0 Å². The van der Waals surface area contributed by atoms with E-state index in [0.717, 1.165) is 19.5 Å². The Bertz CT molecular complexity index is 60.5. The molecular formula is C5H12N2. The van der Waals surface area contributed by atoms with Crippen molar-refractivity contribution >= 4 is 0 Å². The summed E-state index contributed by atoms with van der Waals surface area (Å²) in [6.45, 7) is 4.15. The van der Waals surface area contributed by atoms with Crippen LogP contribution >= 0.6 is 0 Å². The predicted octanol–water partition coefficient (Wildman–Crippen LogP) is -0.303. The molecule has 0 spiro atoms. The van der Waals surface area contributed by atoms with Crippen LogP contribution in [0.3, 0.4) is 0 Å². The number of hydrogen-bond donors (Lipinski definition) is 2. The van der Waals surface area contributed by atoms with Crippen molar-refractivity contribution in [2.45, 2.75) is 18.9 Å². The van der Waals surface area contributed by atoms with Gasteiger partial charge in [0, 0.05) is 12.1 Å². The molecule has 1 unspecified atom stereocenters. The lowest BCUT2D eigenvalue weighted by atomic mass is 10.0. The first kappa shape index (κ1) is 5.06. The third kappa shape index (κ3) is 1.14. The highest BCUT2D eigenvalue weighted by atomic mass is 15.0. The summed E-state index contributed by atoms with van der Waals surface area (Å²) in [4.78, 5) is 0. The Balaban J connectivity index is 2.40. The van der Waals surface area contributed by atoms with E-state index in [0.29, 0.717) is 0 Å². The highest BCUT2D eigenvalue weighted by Crippen LogP contribution is 2.07. The maximum atomic E-state index is 5.72. The van der Waals surface area contributed by atoms with Crippen molar-refractivity contribution in [3.05, 3.63) is 0 Å². The van der Waals surface area contributed by atoms with Crippen molar-refractivity contribution in [1.29, 1.82) is 0 Å². The van der Waals surface area contributed by atoms with Gasteiger partial charge in [-0.1, -0.05) is 0 Å². The molecule has 0 aromatic rings. The van der Waals surface area contributed by atoms with Gasteiger partial charge in [-0.05, 0) is 19.9 Å². The minimum atomic E-state index is 0.0833. The zero-order valence-electron chi connectivity index (χ0n) is 4.70. The maximum absolute atomic E-state index is 5.72. The molecule has 1 fully saturated rings. The molecule has 3 N–H and O–H groups in total. The highest BCUT2D eigenvalue weighted by molar-refractivity contribution is 4.87. The molecule has 0 radical (unpaired) electrons. The fourth-order valence-corrected chi connectivity index (χ4v) is 0.836. The van der Waals surface area contributed by atoms with Crippen LogP contribution in [0.25, 0.3) is 0 Å². The van der Waals surface area contributed by atoms with E-state index in [1.54, 1.807) is 0 Å². The summed E-state index contributed by atoms with van der Waals surface area (Å²) >= 11 is 0. The van der Waals surface area contributed by atoms with E-state index >= 15 is 0 Å². The molecule has 1 aliphatic heterocycles. The average Bonchev–Trinajstić information content (AvgIpc) is 1.84. The molecule has 2 nitrogen and oxygen atoms in total. The molecular weight excluding hydrogens is 88.1 g/mol. The summed E-state index contributed by atoms with van der Waals surface area (Å²) < 4.78 is 0. The SMILES string of the molecule is CC1(N)CCNC1. The minimum Gasteiger partial charge on any atom is -0.324 e. The monoisotopic (exact) mass is 100 g/mol. The molecule has 7 heavy (non-hydrogen) atoms. The lowest BCUT2D eigenvalue weighted by molar-refractivity contribution is 0.519. The van der Waals surface area contributed by atoms with E-state index in [2.05, 4.69) is 12.2 Å². The van der Waals surface area contributed by atoms with Crippen LogP contribution in [0, 0.1) is 0 Å². The van der Waals surface area contributed by atoms with E-state index in [1.165, 1.54) is 0 Å². The first-order valence-electron chi connectivity index (χ1n) is 2.70. The largest absolute Gasteiger partial charge is 0.324 e. The van der Waals surface area contributed by atoms with Crippen LogP contribution in [-0.4, -0.2) is 18.6 Å². The van der Waals surface area contributed by atoms with E-state index in [9.17, 15) is 0 Å². The van der Waals surface area contributed by atoms with Crippen LogP contribution in [0.4, 0.5) is 0 Å². The first-order chi connectivity index (χ1) is 3.21. The van der Waals surface area contributed by atoms with Crippen molar-refractivity contribution < 1.29 is 0 Å². The van der Waals surface area contributed by atoms with Gasteiger partial charge in [0.15, 0.2) is 0 Å². The summed E-state index contributed by atoms with van der Waals surface area (Å²) in [6, 6.07) is 0. The molecule has 1 aliphatic rings. The standard InChI is InChI=1S/C5H12N2/c1-5(6)2-3-7-4-5/h7H,2-4,6H2,1H3. The van der Waals surface area contributed by atoms with Gasteiger partial charge in [0.25, 0.3) is 0 Å². The Labute approximate surface area is 44.1 Å². The second kappa shape index (κ2) is 1.46. The first-order valence-corrected chi connectivity index (χ1v) is 2.70. The van der Waals surface area contributed by atoms with E-state index in [1.807, 2.05) is 0 Å². The zero-order chi connectivity index (χ0) is 5.33. The van der Waals surface area contributed by atoms with Crippen LogP contribution in [0.1, 0.15) is 13.3 Å². The predicted molar refractivity (Wildman–Crippen MR) is 30.1 cm³/mol. The average molecular weight is 100 g/mol. The van der Waals surface area contributed by atoms with Crippen LogP contribution < -0.4 is 11.1 Å². The lowest BCUT2D eigenvalue weighted by Crippen LogP contribution is -2.37. The molecule has 0 aliphatic carbocycles. The topological polar surface area (TPSA) is 38.0 Å². The van der Waals surface area contributed by atoms with E-state index in [-0.39, 0.29) is 5.54 Å². The Morgan fingerprint density at radius 2 is 2.43 bits per heavy atom. The van der Waals surface area contributed by atoms with Gasteiger partial charge in [0.05, 0.1) is 0 Å². The summed E-state index contributed by atoms with van der Waals surface area (Å²) in [5.74, 6) is 0. The molecule has 1 rings (SSSR count). The highest BCUT2D eigenvalue weighted by Gasteiger charge is 2.22. The molecule has 0 bridgehead atoms. The third-order valence-electron chi connectivity index (χ3n) is 1.40. The van der Waals surface area contributed by atoms with Crippen LogP contribution in [0.2, 0.25) is 0 Å². The summed E-state index contributed by atoms with van der Waals surface area (Å²) in [5, 5.41) is 3.19. The maximum Gasteiger partial charge on any atom is 0.0264 e. The molecule has 1 atom stereocenters. The molecule has 0 amide bonds. The van der Waals surface area contributed by atoms with Crippen molar-refractivity contribution in [3.63, 3.8) is 0 Å². The fraction of sp³-hybridized carbons (Fsp3) is 1.00. The summed E-state index contributed by atoms with van der Waals surface area (Å²) in [5.41, 5.74) is 5.80. The molecule has 0 aromatic carbocycles. The number of rotatable bonds is 0. The van der Waals surface area contributed by atoms with Gasteiger partial charge >= 0.3 is 0 Å². The molecule has 1 heterocycles. The Hall–Kier alpha value is -0.0800. The van der Waals surface area contributed by atoms with Crippen molar-refractivity contribution in [1.82, 2.24) is 5.32 Å². The summed E-state index contributed by atoms with van der Waals surface area (Å²) in [6.07, 6.45) is 1.12. The van der Waals surface area contributed by atoms with Gasteiger partial charge in [-0.3, -0.25) is 0 Å². The van der Waals surface area contributed by atoms with Gasteiger partial charge in [-0.15, -0.1) is 0 Å². The second-order valence-corrected chi connectivity index (χ2v) is 2.58. The van der Waals surface area contributed by atoms with Gasteiger partial charge in [-0.2, -0.15) is 0 Å². The Kier molecular flexibility index (Phi) is 1.05. The molecule has 42 valence electrons. The van der Waals surface area contributed by atoms with Crippen molar-refractivity contribution in [2.75, 3.05) is 13.1 Å². The van der Waals surface area contributed by atoms with E-state index in [4.69, 9.17) is 5.73 Å². The van der Waals surface area contributed by atoms with Crippen LogP contribution in [-0.2, 0) is 0 Å². The van der Waals surface area contributed by atoms with E-state index < -0.39 is 0 Å². The molecule has 1 saturated heterocycles. The molecule has 0 saturated carbocycles. The summed E-state index contributed by atoms with van der Waals surface area (Å²) in [7, 11) is 0. The Morgan fingerprint density at radius 3 is 2.57 bits per heavy atom. The number of hydrogen-bond acceptors (Lipinski definition) is 2. The minimum absolute atomic E-state index is 0.0833. The van der Waals surface area contributed by atoms with Gasteiger partial charge < -0.3 is 11.1 Å². The van der Waals surface area contributed by atoms with Gasteiger partial charge in [0.1, 0.15) is 0 Å². The zero-order valence-corrected chi connectivity index (χ0v) is 4.70. The third-order valence-corrected chi connectivity index (χ3v) is 1.40. The van der Waals surface area contributed by atoms with Crippen LogP contribution in [0.5, 0.6) is 0 Å². The number of nitrogens with one attached hydrogen (secondary N) is 1. The van der Waals surface area contributed by atoms with Gasteiger partial charge in [0.2, 0.25) is 0 Å². The lowest BCUT2D eigenvalue weighted by Gasteiger charge is -2.13. The van der Waals surface area contributed by atoms with Crippen molar-refractivity contribution in [3.8, 4) is 0 Å². The van der Waals surface area contributed by atoms with Crippen LogP contribution in [0.15, 0.2) is 0 Å². The number of nitrogens with two attached hydrogens (primary N) is 1. The second-order valence-electron chi connectivity index (χ2n) is 2.58. The molecule has 0 aromatic heterocycles. The normalized spacial score (nSPS) is 42.0. The van der Waals surface area contributed by atoms with Crippen molar-refractivity contribution in [2.24, 2.45) is 5.73 Å². The smallest absolute Gasteiger partial charge is 0.0264 e.